The van der Waals surface area contributed by atoms with Crippen molar-refractivity contribution < 1.29 is 9.53 Å². The first-order valence-electron chi connectivity index (χ1n) is 8.12. The summed E-state index contributed by atoms with van der Waals surface area (Å²) in [6, 6.07) is 18.5. The Balaban J connectivity index is 1.82. The third kappa shape index (κ3) is 2.86. The van der Waals surface area contributed by atoms with Crippen molar-refractivity contribution >= 4 is 29.0 Å². The molecule has 3 aromatic rings. The number of benzene rings is 2. The van der Waals surface area contributed by atoms with Crippen molar-refractivity contribution in [2.24, 2.45) is 0 Å². The highest BCUT2D eigenvalue weighted by atomic mass is 35.5. The number of amides is 1. The van der Waals surface area contributed by atoms with Gasteiger partial charge in [0.15, 0.2) is 0 Å². The molecule has 0 spiro atoms. The number of carbonyl (C=O) groups excluding carboxylic acids is 1. The van der Waals surface area contributed by atoms with Gasteiger partial charge < -0.3 is 10.1 Å². The van der Waals surface area contributed by atoms with Crippen molar-refractivity contribution in [1.82, 2.24) is 4.98 Å². The van der Waals surface area contributed by atoms with Gasteiger partial charge in [0.05, 0.1) is 17.7 Å². The number of carbonyl (C=O) groups is 1. The van der Waals surface area contributed by atoms with Crippen molar-refractivity contribution in [3.8, 4) is 5.75 Å². The monoisotopic (exact) mass is 365 g/mol. The maximum Gasteiger partial charge on any atom is 0.263 e. The van der Waals surface area contributed by atoms with Crippen LogP contribution in [-0.4, -0.2) is 18.0 Å². The van der Waals surface area contributed by atoms with E-state index in [-0.39, 0.29) is 5.91 Å². The number of nitrogens with zero attached hydrogens (tertiary/aromatic N) is 2. The van der Waals surface area contributed by atoms with Crippen LogP contribution < -0.4 is 15.0 Å². The second kappa shape index (κ2) is 6.69. The molecule has 0 unspecified atom stereocenters. The molecule has 130 valence electrons. The number of nitrogens with one attached hydrogen (secondary N) is 1. The summed E-state index contributed by atoms with van der Waals surface area (Å²) in [5.41, 5.74) is 2.32. The smallest absolute Gasteiger partial charge is 0.263 e. The Hall–Kier alpha value is -3.05. The molecule has 0 fully saturated rings. The molecule has 1 aliphatic rings. The molecule has 26 heavy (non-hydrogen) atoms. The normalized spacial score (nSPS) is 16.0. The molecule has 2 aromatic carbocycles. The van der Waals surface area contributed by atoms with E-state index in [4.69, 9.17) is 16.3 Å². The first kappa shape index (κ1) is 16.4. The van der Waals surface area contributed by atoms with Gasteiger partial charge >= 0.3 is 0 Å². The molecule has 1 N–H and O–H groups in total. The van der Waals surface area contributed by atoms with E-state index in [9.17, 15) is 4.79 Å². The molecule has 1 amide bonds. The van der Waals surface area contributed by atoms with Crippen molar-refractivity contribution in [2.45, 2.75) is 6.17 Å². The van der Waals surface area contributed by atoms with Crippen LogP contribution in [0.1, 0.15) is 22.1 Å². The SMILES string of the molecule is COc1ccc([C@@H]2Nc3ccccc3C(=O)N2c2ccc(Cl)cn2)cc1. The number of halogens is 1. The summed E-state index contributed by atoms with van der Waals surface area (Å²) in [6.07, 6.45) is 1.15. The summed E-state index contributed by atoms with van der Waals surface area (Å²) in [4.78, 5) is 19.2. The summed E-state index contributed by atoms with van der Waals surface area (Å²) < 4.78 is 5.23. The lowest BCUT2D eigenvalue weighted by atomic mass is 10.0. The van der Waals surface area contributed by atoms with E-state index in [1.807, 2.05) is 42.5 Å². The van der Waals surface area contributed by atoms with Gasteiger partial charge in [-0.1, -0.05) is 35.9 Å². The van der Waals surface area contributed by atoms with Gasteiger partial charge in [-0.3, -0.25) is 9.69 Å². The van der Waals surface area contributed by atoms with Crippen LogP contribution in [0.15, 0.2) is 66.9 Å². The number of pyridine rings is 1. The number of ether oxygens (including phenoxy) is 1. The fourth-order valence-corrected chi connectivity index (χ4v) is 3.13. The number of hydrogen-bond donors (Lipinski definition) is 1. The Kier molecular flexibility index (Phi) is 4.22. The standard InChI is InChI=1S/C20H16ClN3O2/c1-26-15-9-6-13(7-10-15)19-23-17-5-3-2-4-16(17)20(25)24(19)18-11-8-14(21)12-22-18/h2-12,19,23H,1H3/t19-/m1/s1. The third-order valence-corrected chi connectivity index (χ3v) is 4.54. The first-order valence-corrected chi connectivity index (χ1v) is 8.50. The molecule has 0 aliphatic carbocycles. The Morgan fingerprint density at radius 2 is 1.85 bits per heavy atom. The molecule has 1 aromatic heterocycles. The van der Waals surface area contributed by atoms with Gasteiger partial charge in [0, 0.05) is 11.9 Å². The van der Waals surface area contributed by atoms with E-state index in [1.54, 1.807) is 30.2 Å². The molecule has 4 rings (SSSR count). The van der Waals surface area contributed by atoms with Crippen LogP contribution in [-0.2, 0) is 0 Å². The van der Waals surface area contributed by atoms with Gasteiger partial charge in [-0.05, 0) is 42.0 Å². The van der Waals surface area contributed by atoms with Crippen LogP contribution in [0.25, 0.3) is 0 Å². The minimum Gasteiger partial charge on any atom is -0.497 e. The summed E-state index contributed by atoms with van der Waals surface area (Å²) in [6.45, 7) is 0. The van der Waals surface area contributed by atoms with E-state index in [1.165, 1.54) is 6.20 Å². The highest BCUT2D eigenvalue weighted by Crippen LogP contribution is 2.36. The molecular formula is C20H16ClN3O2. The average molecular weight is 366 g/mol. The molecule has 0 radical (unpaired) electrons. The van der Waals surface area contributed by atoms with Crippen LogP contribution in [0.4, 0.5) is 11.5 Å². The van der Waals surface area contributed by atoms with Crippen molar-refractivity contribution in [1.29, 1.82) is 0 Å². The zero-order valence-corrected chi connectivity index (χ0v) is 14.8. The number of fused-ring (bicyclic) bond motifs is 1. The zero-order chi connectivity index (χ0) is 18.1. The van der Waals surface area contributed by atoms with E-state index < -0.39 is 6.17 Å². The quantitative estimate of drug-likeness (QED) is 0.741. The topological polar surface area (TPSA) is 54.5 Å². The van der Waals surface area contributed by atoms with Crippen LogP contribution in [0.2, 0.25) is 5.02 Å². The van der Waals surface area contributed by atoms with Gasteiger partial charge in [0.2, 0.25) is 0 Å². The van der Waals surface area contributed by atoms with Gasteiger partial charge in [-0.25, -0.2) is 4.98 Å². The number of hydrogen-bond acceptors (Lipinski definition) is 4. The fraction of sp³-hybridized carbons (Fsp3) is 0.100. The van der Waals surface area contributed by atoms with Crippen molar-refractivity contribution in [2.75, 3.05) is 17.3 Å². The van der Waals surface area contributed by atoms with E-state index >= 15 is 0 Å². The highest BCUT2D eigenvalue weighted by Gasteiger charge is 2.34. The average Bonchev–Trinajstić information content (AvgIpc) is 2.69. The molecule has 5 nitrogen and oxygen atoms in total. The van der Waals surface area contributed by atoms with E-state index in [0.717, 1.165) is 17.0 Å². The molecule has 2 heterocycles. The first-order chi connectivity index (χ1) is 12.7. The Morgan fingerprint density at radius 3 is 2.54 bits per heavy atom. The largest absolute Gasteiger partial charge is 0.497 e. The molecule has 1 aliphatic heterocycles. The van der Waals surface area contributed by atoms with E-state index in [2.05, 4.69) is 10.3 Å². The molecule has 0 saturated heterocycles. The number of anilines is 2. The van der Waals surface area contributed by atoms with Gasteiger partial charge in [-0.15, -0.1) is 0 Å². The Bertz CT molecular complexity index is 942. The van der Waals surface area contributed by atoms with Crippen LogP contribution in [0.3, 0.4) is 0 Å². The lowest BCUT2D eigenvalue weighted by molar-refractivity contribution is 0.0974. The fourth-order valence-electron chi connectivity index (χ4n) is 3.02. The molecule has 0 saturated carbocycles. The predicted molar refractivity (Wildman–Crippen MR) is 102 cm³/mol. The van der Waals surface area contributed by atoms with Crippen LogP contribution >= 0.6 is 11.6 Å². The second-order valence-corrected chi connectivity index (χ2v) is 6.31. The zero-order valence-electron chi connectivity index (χ0n) is 14.0. The minimum absolute atomic E-state index is 0.116. The molecule has 6 heteroatoms. The maximum absolute atomic E-state index is 13.2. The summed E-state index contributed by atoms with van der Waals surface area (Å²) in [7, 11) is 1.62. The molecular weight excluding hydrogens is 350 g/mol. The number of para-hydroxylation sites is 1. The van der Waals surface area contributed by atoms with Gasteiger partial charge in [0.25, 0.3) is 5.91 Å². The Labute approximate surface area is 156 Å². The lowest BCUT2D eigenvalue weighted by Crippen LogP contribution is -2.43. The second-order valence-electron chi connectivity index (χ2n) is 5.88. The third-order valence-electron chi connectivity index (χ3n) is 4.32. The number of aromatic nitrogens is 1. The summed E-state index contributed by atoms with van der Waals surface area (Å²) >= 11 is 5.96. The highest BCUT2D eigenvalue weighted by molar-refractivity contribution is 6.30. The van der Waals surface area contributed by atoms with Crippen LogP contribution in [0.5, 0.6) is 5.75 Å². The number of rotatable bonds is 3. The Morgan fingerprint density at radius 1 is 1.08 bits per heavy atom. The predicted octanol–water partition coefficient (Wildman–Crippen LogP) is 4.51. The van der Waals surface area contributed by atoms with Gasteiger partial charge in [0.1, 0.15) is 17.7 Å². The van der Waals surface area contributed by atoms with Gasteiger partial charge in [-0.2, -0.15) is 0 Å². The molecule has 0 bridgehead atoms. The van der Waals surface area contributed by atoms with E-state index in [0.29, 0.717) is 16.4 Å². The lowest BCUT2D eigenvalue weighted by Gasteiger charge is -2.37. The molecule has 1 atom stereocenters. The number of methoxy groups -OCH3 is 1. The van der Waals surface area contributed by atoms with Crippen molar-refractivity contribution in [3.05, 3.63) is 83.0 Å². The summed E-state index contributed by atoms with van der Waals surface area (Å²) in [5, 5.41) is 3.96. The maximum atomic E-state index is 13.2. The van der Waals surface area contributed by atoms with Crippen molar-refractivity contribution in [3.63, 3.8) is 0 Å². The minimum atomic E-state index is -0.392. The summed E-state index contributed by atoms with van der Waals surface area (Å²) in [5.74, 6) is 1.17. The van der Waals surface area contributed by atoms with Crippen LogP contribution in [0, 0.1) is 0 Å².